The zero-order valence-corrected chi connectivity index (χ0v) is 19.8. The van der Waals surface area contributed by atoms with Crippen LogP contribution in [0.1, 0.15) is 16.6 Å². The van der Waals surface area contributed by atoms with E-state index in [1.807, 2.05) is 30.3 Å². The number of hydrogen-bond acceptors (Lipinski definition) is 8. The van der Waals surface area contributed by atoms with Crippen LogP contribution in [0.4, 0.5) is 5.69 Å². The Labute approximate surface area is 203 Å². The lowest BCUT2D eigenvalue weighted by atomic mass is 10.2. The van der Waals surface area contributed by atoms with Crippen molar-refractivity contribution in [2.75, 3.05) is 17.7 Å². The van der Waals surface area contributed by atoms with Crippen molar-refractivity contribution in [3.63, 3.8) is 0 Å². The second-order valence-electron chi connectivity index (χ2n) is 6.66. The molecule has 0 atom stereocenters. The lowest BCUT2D eigenvalue weighted by Crippen LogP contribution is -2.16. The molecule has 1 N–H and O–H groups in total. The molecule has 2 heterocycles. The third kappa shape index (κ3) is 5.81. The number of anilines is 1. The number of benzene rings is 2. The fourth-order valence-electron chi connectivity index (χ4n) is 2.87. The van der Waals surface area contributed by atoms with Crippen LogP contribution in [0.3, 0.4) is 0 Å². The van der Waals surface area contributed by atoms with Crippen LogP contribution >= 0.6 is 34.7 Å². The summed E-state index contributed by atoms with van der Waals surface area (Å²) in [4.78, 5) is 26.2. The summed E-state index contributed by atoms with van der Waals surface area (Å²) in [6, 6.07) is 18.4. The summed E-state index contributed by atoms with van der Waals surface area (Å²) in [5.74, 6) is -0.419. The van der Waals surface area contributed by atoms with Gasteiger partial charge in [0.15, 0.2) is 0 Å². The van der Waals surface area contributed by atoms with Gasteiger partial charge in [-0.25, -0.2) is 4.79 Å². The molecule has 0 saturated carbocycles. The van der Waals surface area contributed by atoms with Gasteiger partial charge in [0.2, 0.25) is 11.8 Å². The first kappa shape index (κ1) is 23.0. The molecule has 4 rings (SSSR count). The maximum absolute atomic E-state index is 12.6. The SMILES string of the molecule is CCOC(=O)c1sc(-c2ccccc2)cc1NC(=O)CSc1nnc(-c2ccc(Cl)cc2)o1. The minimum atomic E-state index is -0.475. The molecule has 0 aliphatic rings. The number of nitrogens with one attached hydrogen (secondary N) is 1. The highest BCUT2D eigenvalue weighted by Crippen LogP contribution is 2.35. The molecule has 0 bridgehead atoms. The Hall–Kier alpha value is -3.14. The number of aromatic nitrogens is 2. The van der Waals surface area contributed by atoms with E-state index in [0.717, 1.165) is 27.8 Å². The van der Waals surface area contributed by atoms with E-state index in [1.165, 1.54) is 11.3 Å². The van der Waals surface area contributed by atoms with Crippen molar-refractivity contribution in [2.24, 2.45) is 0 Å². The molecule has 1 amide bonds. The zero-order valence-electron chi connectivity index (χ0n) is 17.4. The van der Waals surface area contributed by atoms with Crippen molar-refractivity contribution in [2.45, 2.75) is 12.1 Å². The fraction of sp³-hybridized carbons (Fsp3) is 0.130. The fourth-order valence-corrected chi connectivity index (χ4v) is 4.57. The average Bonchev–Trinajstić information content (AvgIpc) is 3.46. The maximum Gasteiger partial charge on any atom is 0.350 e. The molecule has 33 heavy (non-hydrogen) atoms. The van der Waals surface area contributed by atoms with E-state index >= 15 is 0 Å². The molecular formula is C23H18ClN3O4S2. The highest BCUT2D eigenvalue weighted by atomic mass is 35.5. The standard InChI is InChI=1S/C23H18ClN3O4S2/c1-2-30-22(29)20-17(12-18(33-20)14-6-4-3-5-7-14)25-19(28)13-32-23-27-26-21(31-23)15-8-10-16(24)11-9-15/h3-12H,2,13H2,1H3,(H,25,28). The third-order valence-electron chi connectivity index (χ3n) is 4.35. The lowest BCUT2D eigenvalue weighted by Gasteiger charge is -2.05. The van der Waals surface area contributed by atoms with Crippen LogP contribution in [-0.2, 0) is 9.53 Å². The zero-order chi connectivity index (χ0) is 23.2. The number of carbonyl (C=O) groups excluding carboxylic acids is 2. The quantitative estimate of drug-likeness (QED) is 0.234. The number of nitrogens with zero attached hydrogens (tertiary/aromatic N) is 2. The van der Waals surface area contributed by atoms with E-state index in [-0.39, 0.29) is 23.5 Å². The highest BCUT2D eigenvalue weighted by molar-refractivity contribution is 7.99. The number of ether oxygens (including phenoxy) is 1. The number of halogens is 1. The summed E-state index contributed by atoms with van der Waals surface area (Å²) in [6.45, 7) is 1.98. The number of amides is 1. The van der Waals surface area contributed by atoms with Crippen molar-refractivity contribution in [3.05, 3.63) is 70.6 Å². The predicted octanol–water partition coefficient (Wildman–Crippen LogP) is 6.03. The molecule has 0 unspecified atom stereocenters. The lowest BCUT2D eigenvalue weighted by molar-refractivity contribution is -0.113. The molecule has 2 aromatic carbocycles. The van der Waals surface area contributed by atoms with E-state index in [2.05, 4.69) is 15.5 Å². The summed E-state index contributed by atoms with van der Waals surface area (Å²) in [5.41, 5.74) is 2.09. The monoisotopic (exact) mass is 499 g/mol. The Bertz CT molecular complexity index is 1260. The number of rotatable bonds is 8. The van der Waals surface area contributed by atoms with E-state index in [9.17, 15) is 9.59 Å². The highest BCUT2D eigenvalue weighted by Gasteiger charge is 2.20. The minimum Gasteiger partial charge on any atom is -0.462 e. The molecule has 10 heteroatoms. The van der Waals surface area contributed by atoms with Gasteiger partial charge in [0, 0.05) is 15.5 Å². The van der Waals surface area contributed by atoms with E-state index < -0.39 is 5.97 Å². The molecule has 4 aromatic rings. The predicted molar refractivity (Wildman–Crippen MR) is 130 cm³/mol. The summed E-state index contributed by atoms with van der Waals surface area (Å²) in [7, 11) is 0. The van der Waals surface area contributed by atoms with Gasteiger partial charge in [-0.05, 0) is 42.8 Å². The number of esters is 1. The van der Waals surface area contributed by atoms with Crippen molar-refractivity contribution in [3.8, 4) is 21.9 Å². The molecule has 0 saturated heterocycles. The second-order valence-corrected chi connectivity index (χ2v) is 9.07. The molecule has 2 aromatic heterocycles. The van der Waals surface area contributed by atoms with E-state index in [0.29, 0.717) is 21.5 Å². The molecule has 0 aliphatic heterocycles. The molecule has 0 radical (unpaired) electrons. The minimum absolute atomic E-state index is 0.0288. The summed E-state index contributed by atoms with van der Waals surface area (Å²) < 4.78 is 10.8. The largest absolute Gasteiger partial charge is 0.462 e. The average molecular weight is 500 g/mol. The molecule has 0 fully saturated rings. The number of thioether (sulfide) groups is 1. The van der Waals surface area contributed by atoms with Crippen molar-refractivity contribution in [1.29, 1.82) is 0 Å². The van der Waals surface area contributed by atoms with Crippen LogP contribution in [0.5, 0.6) is 0 Å². The third-order valence-corrected chi connectivity index (χ3v) is 6.58. The van der Waals surface area contributed by atoms with Gasteiger partial charge in [-0.2, -0.15) is 0 Å². The van der Waals surface area contributed by atoms with Crippen LogP contribution in [0.15, 0.2) is 70.3 Å². The van der Waals surface area contributed by atoms with Crippen LogP contribution in [0.2, 0.25) is 5.02 Å². The first-order valence-corrected chi connectivity index (χ1v) is 12.1. The van der Waals surface area contributed by atoms with Crippen LogP contribution < -0.4 is 5.32 Å². The Morgan fingerprint density at radius 3 is 2.58 bits per heavy atom. The van der Waals surface area contributed by atoms with Gasteiger partial charge < -0.3 is 14.5 Å². The maximum atomic E-state index is 12.6. The number of carbonyl (C=O) groups is 2. The van der Waals surface area contributed by atoms with E-state index in [1.54, 1.807) is 37.3 Å². The van der Waals surface area contributed by atoms with Crippen LogP contribution in [-0.4, -0.2) is 34.4 Å². The van der Waals surface area contributed by atoms with Crippen LogP contribution in [0.25, 0.3) is 21.9 Å². The summed E-state index contributed by atoms with van der Waals surface area (Å²) >= 11 is 8.27. The van der Waals surface area contributed by atoms with Crippen molar-refractivity contribution >= 4 is 52.3 Å². The van der Waals surface area contributed by atoms with Gasteiger partial charge in [-0.3, -0.25) is 4.79 Å². The Kier molecular flexibility index (Phi) is 7.43. The topological polar surface area (TPSA) is 94.3 Å². The Morgan fingerprint density at radius 2 is 1.85 bits per heavy atom. The molecule has 0 spiro atoms. The molecule has 7 nitrogen and oxygen atoms in total. The van der Waals surface area contributed by atoms with Gasteiger partial charge in [0.25, 0.3) is 5.22 Å². The van der Waals surface area contributed by atoms with Crippen molar-refractivity contribution < 1.29 is 18.7 Å². The van der Waals surface area contributed by atoms with Gasteiger partial charge in [0.05, 0.1) is 18.0 Å². The van der Waals surface area contributed by atoms with Gasteiger partial charge >= 0.3 is 5.97 Å². The molecule has 0 aliphatic carbocycles. The van der Waals surface area contributed by atoms with Gasteiger partial charge in [0.1, 0.15) is 4.88 Å². The number of hydrogen-bond donors (Lipinski definition) is 1. The first-order chi connectivity index (χ1) is 16.0. The van der Waals surface area contributed by atoms with Gasteiger partial charge in [-0.15, -0.1) is 21.5 Å². The normalized spacial score (nSPS) is 10.7. The molecular weight excluding hydrogens is 482 g/mol. The van der Waals surface area contributed by atoms with Crippen LogP contribution in [0, 0.1) is 0 Å². The summed E-state index contributed by atoms with van der Waals surface area (Å²) in [6.07, 6.45) is 0. The summed E-state index contributed by atoms with van der Waals surface area (Å²) in [5, 5.41) is 11.6. The van der Waals surface area contributed by atoms with Crippen molar-refractivity contribution in [1.82, 2.24) is 10.2 Å². The Morgan fingerprint density at radius 1 is 1.09 bits per heavy atom. The Balaban J connectivity index is 1.44. The number of thiophene rings is 1. The second kappa shape index (κ2) is 10.7. The van der Waals surface area contributed by atoms with Gasteiger partial charge in [-0.1, -0.05) is 53.7 Å². The molecule has 168 valence electrons. The smallest absolute Gasteiger partial charge is 0.350 e. The first-order valence-electron chi connectivity index (χ1n) is 9.92. The van der Waals surface area contributed by atoms with E-state index in [4.69, 9.17) is 20.8 Å².